The normalized spacial score (nSPS) is 14.1. The van der Waals surface area contributed by atoms with Gasteiger partial charge in [-0.1, -0.05) is 19.1 Å². The molecular weight excluding hydrogens is 398 g/mol. The van der Waals surface area contributed by atoms with Crippen molar-refractivity contribution in [3.63, 3.8) is 0 Å². The Morgan fingerprint density at radius 1 is 1.23 bits per heavy atom. The van der Waals surface area contributed by atoms with Gasteiger partial charge in [-0.2, -0.15) is 0 Å². The molecule has 0 saturated carbocycles. The van der Waals surface area contributed by atoms with E-state index in [0.717, 1.165) is 17.6 Å². The molecule has 4 rings (SSSR count). The van der Waals surface area contributed by atoms with Crippen LogP contribution in [0.15, 0.2) is 41.2 Å². The van der Waals surface area contributed by atoms with Crippen molar-refractivity contribution in [3.8, 4) is 11.5 Å². The van der Waals surface area contributed by atoms with Gasteiger partial charge in [0.2, 0.25) is 0 Å². The van der Waals surface area contributed by atoms with Crippen molar-refractivity contribution >= 4 is 28.2 Å². The molecule has 0 N–H and O–H groups in total. The minimum atomic E-state index is -0.509. The van der Waals surface area contributed by atoms with Gasteiger partial charge < -0.3 is 9.47 Å². The standard InChI is InChI=1S/C23H23N3O5/c1-3-12-31-21-15(6-5-7-20(21)30-4-2)13-16-10-11-25-22(16)24-19-9-8-17(26(28)29)14-18(19)23(25)27/h5-9,13-14H,3-4,10-12H2,1-2H3/b16-13+. The summed E-state index contributed by atoms with van der Waals surface area (Å²) in [5, 5.41) is 11.3. The van der Waals surface area contributed by atoms with Crippen LogP contribution in [0.2, 0.25) is 0 Å². The first kappa shape index (κ1) is 20.6. The average molecular weight is 421 g/mol. The van der Waals surface area contributed by atoms with Gasteiger partial charge in [0, 0.05) is 24.2 Å². The molecule has 1 aromatic heterocycles. The first-order valence-corrected chi connectivity index (χ1v) is 10.3. The highest BCUT2D eigenvalue weighted by molar-refractivity contribution is 5.87. The summed E-state index contributed by atoms with van der Waals surface area (Å²) in [5.41, 5.74) is 1.83. The zero-order valence-electron chi connectivity index (χ0n) is 17.5. The minimum absolute atomic E-state index is 0.119. The molecule has 0 fully saturated rings. The largest absolute Gasteiger partial charge is 0.490 e. The molecule has 0 unspecified atom stereocenters. The predicted octanol–water partition coefficient (Wildman–Crippen LogP) is 4.44. The summed E-state index contributed by atoms with van der Waals surface area (Å²) >= 11 is 0. The van der Waals surface area contributed by atoms with Crippen LogP contribution < -0.4 is 15.0 Å². The summed E-state index contributed by atoms with van der Waals surface area (Å²) in [5.74, 6) is 1.94. The summed E-state index contributed by atoms with van der Waals surface area (Å²) in [6, 6.07) is 9.92. The number of aromatic nitrogens is 2. The number of nitrogens with zero attached hydrogens (tertiary/aromatic N) is 3. The highest BCUT2D eigenvalue weighted by Crippen LogP contribution is 2.36. The van der Waals surface area contributed by atoms with Crippen LogP contribution >= 0.6 is 0 Å². The molecule has 0 saturated heterocycles. The molecular formula is C23H23N3O5. The van der Waals surface area contributed by atoms with E-state index in [1.807, 2.05) is 38.1 Å². The van der Waals surface area contributed by atoms with E-state index in [9.17, 15) is 14.9 Å². The fraction of sp³-hybridized carbons (Fsp3) is 0.304. The van der Waals surface area contributed by atoms with Crippen molar-refractivity contribution in [2.24, 2.45) is 0 Å². The van der Waals surface area contributed by atoms with Crippen molar-refractivity contribution in [2.75, 3.05) is 13.2 Å². The van der Waals surface area contributed by atoms with Crippen LogP contribution in [0.5, 0.6) is 11.5 Å². The highest BCUT2D eigenvalue weighted by Gasteiger charge is 2.23. The number of fused-ring (bicyclic) bond motifs is 2. The zero-order valence-corrected chi connectivity index (χ0v) is 17.5. The van der Waals surface area contributed by atoms with Gasteiger partial charge in [0.05, 0.1) is 29.0 Å². The van der Waals surface area contributed by atoms with Crippen molar-refractivity contribution in [3.05, 3.63) is 68.3 Å². The van der Waals surface area contributed by atoms with Gasteiger partial charge in [-0.15, -0.1) is 0 Å². The third kappa shape index (κ3) is 3.88. The quantitative estimate of drug-likeness (QED) is 0.413. The Balaban J connectivity index is 1.82. The van der Waals surface area contributed by atoms with E-state index >= 15 is 0 Å². The zero-order chi connectivity index (χ0) is 22.0. The van der Waals surface area contributed by atoms with Gasteiger partial charge >= 0.3 is 0 Å². The molecule has 0 aliphatic carbocycles. The Bertz CT molecular complexity index is 1250. The minimum Gasteiger partial charge on any atom is -0.490 e. The molecule has 8 nitrogen and oxygen atoms in total. The number of hydrogen-bond donors (Lipinski definition) is 0. The van der Waals surface area contributed by atoms with Gasteiger partial charge in [0.15, 0.2) is 11.5 Å². The molecule has 8 heteroatoms. The van der Waals surface area contributed by atoms with Crippen LogP contribution in [0.1, 0.15) is 38.1 Å². The fourth-order valence-corrected chi connectivity index (χ4v) is 3.72. The van der Waals surface area contributed by atoms with E-state index in [-0.39, 0.29) is 16.6 Å². The average Bonchev–Trinajstić information content (AvgIpc) is 3.16. The summed E-state index contributed by atoms with van der Waals surface area (Å²) in [6.07, 6.45) is 3.48. The molecule has 0 spiro atoms. The Morgan fingerprint density at radius 3 is 2.81 bits per heavy atom. The molecule has 0 bridgehead atoms. The molecule has 1 aliphatic heterocycles. The van der Waals surface area contributed by atoms with Crippen molar-refractivity contribution in [1.82, 2.24) is 9.55 Å². The number of allylic oxidation sites excluding steroid dienone is 1. The summed E-state index contributed by atoms with van der Waals surface area (Å²) in [4.78, 5) is 28.2. The molecule has 2 aromatic carbocycles. The summed E-state index contributed by atoms with van der Waals surface area (Å²) in [7, 11) is 0. The SMILES string of the molecule is CCCOc1c(/C=C2\CCn3c2nc2ccc([N+](=O)[O-])cc2c3=O)cccc1OCC. The molecule has 3 aromatic rings. The number of non-ortho nitro benzene ring substituents is 1. The van der Waals surface area contributed by atoms with E-state index in [1.165, 1.54) is 18.2 Å². The lowest BCUT2D eigenvalue weighted by atomic mass is 10.1. The van der Waals surface area contributed by atoms with Crippen molar-refractivity contribution in [1.29, 1.82) is 0 Å². The number of rotatable bonds is 7. The lowest BCUT2D eigenvalue weighted by Gasteiger charge is -2.14. The van der Waals surface area contributed by atoms with E-state index in [2.05, 4.69) is 4.98 Å². The number of nitro benzene ring substituents is 1. The molecule has 0 radical (unpaired) electrons. The summed E-state index contributed by atoms with van der Waals surface area (Å²) < 4.78 is 13.3. The van der Waals surface area contributed by atoms with Gasteiger partial charge in [-0.25, -0.2) is 4.98 Å². The van der Waals surface area contributed by atoms with Crippen LogP contribution in [0.3, 0.4) is 0 Å². The molecule has 31 heavy (non-hydrogen) atoms. The van der Waals surface area contributed by atoms with E-state index in [0.29, 0.717) is 49.0 Å². The second-order valence-corrected chi connectivity index (χ2v) is 7.23. The molecule has 2 heterocycles. The van der Waals surface area contributed by atoms with Crippen LogP contribution in [-0.4, -0.2) is 27.7 Å². The molecule has 160 valence electrons. The lowest BCUT2D eigenvalue weighted by molar-refractivity contribution is -0.384. The monoisotopic (exact) mass is 421 g/mol. The van der Waals surface area contributed by atoms with Crippen molar-refractivity contribution < 1.29 is 14.4 Å². The van der Waals surface area contributed by atoms with Crippen LogP contribution in [-0.2, 0) is 6.54 Å². The van der Waals surface area contributed by atoms with Gasteiger partial charge in [0.25, 0.3) is 11.2 Å². The van der Waals surface area contributed by atoms with Gasteiger partial charge in [0.1, 0.15) is 5.82 Å². The lowest BCUT2D eigenvalue weighted by Crippen LogP contribution is -2.20. The third-order valence-corrected chi connectivity index (χ3v) is 5.13. The Labute approximate surface area is 178 Å². The molecule has 0 atom stereocenters. The number of para-hydroxylation sites is 1. The fourth-order valence-electron chi connectivity index (χ4n) is 3.72. The first-order chi connectivity index (χ1) is 15.0. The van der Waals surface area contributed by atoms with E-state index in [4.69, 9.17) is 9.47 Å². The van der Waals surface area contributed by atoms with Gasteiger partial charge in [-0.3, -0.25) is 19.5 Å². The van der Waals surface area contributed by atoms with Crippen LogP contribution in [0, 0.1) is 10.1 Å². The Morgan fingerprint density at radius 2 is 2.06 bits per heavy atom. The maximum Gasteiger partial charge on any atom is 0.270 e. The van der Waals surface area contributed by atoms with Crippen LogP contribution in [0.25, 0.3) is 22.6 Å². The number of nitro groups is 1. The first-order valence-electron chi connectivity index (χ1n) is 10.3. The second-order valence-electron chi connectivity index (χ2n) is 7.23. The number of benzene rings is 2. The third-order valence-electron chi connectivity index (χ3n) is 5.13. The van der Waals surface area contributed by atoms with E-state index in [1.54, 1.807) is 4.57 Å². The second kappa shape index (κ2) is 8.59. The Hall–Kier alpha value is -3.68. The van der Waals surface area contributed by atoms with E-state index < -0.39 is 4.92 Å². The number of ether oxygens (including phenoxy) is 2. The van der Waals surface area contributed by atoms with Crippen LogP contribution in [0.4, 0.5) is 5.69 Å². The maximum absolute atomic E-state index is 13.0. The van der Waals surface area contributed by atoms with Crippen molar-refractivity contribution in [2.45, 2.75) is 33.2 Å². The summed E-state index contributed by atoms with van der Waals surface area (Å²) in [6.45, 7) is 5.54. The maximum atomic E-state index is 13.0. The Kier molecular flexibility index (Phi) is 5.70. The smallest absolute Gasteiger partial charge is 0.270 e. The molecule has 1 aliphatic rings. The highest BCUT2D eigenvalue weighted by atomic mass is 16.6. The van der Waals surface area contributed by atoms with Gasteiger partial charge in [-0.05, 0) is 43.5 Å². The predicted molar refractivity (Wildman–Crippen MR) is 119 cm³/mol. The topological polar surface area (TPSA) is 96.5 Å². The number of hydrogen-bond acceptors (Lipinski definition) is 6. The molecule has 0 amide bonds.